The van der Waals surface area contributed by atoms with E-state index >= 15 is 0 Å². The summed E-state index contributed by atoms with van der Waals surface area (Å²) < 4.78 is 7.47. The quantitative estimate of drug-likeness (QED) is 0.241. The van der Waals surface area contributed by atoms with Crippen molar-refractivity contribution in [2.45, 2.75) is 45.7 Å². The summed E-state index contributed by atoms with van der Waals surface area (Å²) in [5.74, 6) is -1.06. The lowest BCUT2D eigenvalue weighted by Gasteiger charge is -2.22. The van der Waals surface area contributed by atoms with Crippen molar-refractivity contribution in [2.75, 3.05) is 0 Å². The molecule has 0 aliphatic rings. The number of carbonyl (C=O) groups is 2. The van der Waals surface area contributed by atoms with Gasteiger partial charge in [-0.15, -0.1) is 0 Å². The molecule has 8 nitrogen and oxygen atoms in total. The number of ether oxygens (including phenoxy) is 1. The van der Waals surface area contributed by atoms with E-state index < -0.39 is 23.5 Å². The minimum atomic E-state index is -1.25. The number of benzene rings is 3. The third-order valence-electron chi connectivity index (χ3n) is 6.30. The number of nitrogens with zero attached hydrogens (tertiary/aromatic N) is 2. The van der Waals surface area contributed by atoms with Gasteiger partial charge in [0, 0.05) is 6.42 Å². The molecule has 0 bridgehead atoms. The molecule has 0 aliphatic heterocycles. The van der Waals surface area contributed by atoms with Crippen molar-refractivity contribution in [3.63, 3.8) is 0 Å². The Morgan fingerprint density at radius 1 is 1.00 bits per heavy atom. The van der Waals surface area contributed by atoms with Gasteiger partial charge in [0.2, 0.25) is 0 Å². The largest absolute Gasteiger partial charge is 0.480 e. The zero-order valence-corrected chi connectivity index (χ0v) is 24.5. The Morgan fingerprint density at radius 2 is 1.61 bits per heavy atom. The normalized spacial score (nSPS) is 12.0. The first-order chi connectivity index (χ1) is 19.3. The van der Waals surface area contributed by atoms with Crippen molar-refractivity contribution >= 4 is 35.1 Å². The van der Waals surface area contributed by atoms with Crippen LogP contribution >= 0.6 is 23.2 Å². The molecule has 0 aliphatic carbocycles. The fourth-order valence-corrected chi connectivity index (χ4v) is 4.75. The van der Waals surface area contributed by atoms with Gasteiger partial charge in [0.25, 0.3) is 11.5 Å². The zero-order chi connectivity index (χ0) is 29.9. The van der Waals surface area contributed by atoms with Gasteiger partial charge in [-0.1, -0.05) is 71.2 Å². The highest BCUT2D eigenvalue weighted by Gasteiger charge is 2.25. The fourth-order valence-electron chi connectivity index (χ4n) is 4.18. The average Bonchev–Trinajstić information content (AvgIpc) is 2.89. The molecule has 0 saturated heterocycles. The maximum Gasteiger partial charge on any atom is 0.326 e. The molecule has 0 unspecified atom stereocenters. The number of carbonyl (C=O) groups excluding carboxylic acids is 1. The summed E-state index contributed by atoms with van der Waals surface area (Å²) in [4.78, 5) is 38.4. The number of nitrogens with one attached hydrogen (secondary N) is 1. The second kappa shape index (κ2) is 12.2. The lowest BCUT2D eigenvalue weighted by Crippen LogP contribution is -2.42. The number of carboxylic acids is 1. The Labute approximate surface area is 247 Å². The van der Waals surface area contributed by atoms with Crippen LogP contribution in [-0.4, -0.2) is 32.8 Å². The van der Waals surface area contributed by atoms with Crippen LogP contribution in [0.5, 0.6) is 11.5 Å². The number of rotatable bonds is 8. The summed E-state index contributed by atoms with van der Waals surface area (Å²) in [5.41, 5.74) is 1.68. The Bertz CT molecular complexity index is 1620. The molecule has 0 spiro atoms. The van der Waals surface area contributed by atoms with Crippen LogP contribution in [0.1, 0.15) is 42.3 Å². The molecule has 212 valence electrons. The molecular formula is C31H29Cl2N3O5. The molecule has 3 aromatic carbocycles. The summed E-state index contributed by atoms with van der Waals surface area (Å²) in [6, 6.07) is 17.6. The number of aromatic nitrogens is 2. The van der Waals surface area contributed by atoms with Crippen molar-refractivity contribution in [2.24, 2.45) is 0 Å². The second-order valence-electron chi connectivity index (χ2n) is 10.5. The number of hydrogen-bond donors (Lipinski definition) is 2. The van der Waals surface area contributed by atoms with Gasteiger partial charge in [-0.3, -0.25) is 9.59 Å². The van der Waals surface area contributed by atoms with E-state index in [1.54, 1.807) is 30.3 Å². The number of aryl methyl sites for hydroxylation is 1. The topological polar surface area (TPSA) is 111 Å². The molecule has 0 fully saturated rings. The Hall–Kier alpha value is -4.14. The first-order valence-corrected chi connectivity index (χ1v) is 13.5. The predicted molar refractivity (Wildman–Crippen MR) is 159 cm³/mol. The van der Waals surface area contributed by atoms with Crippen LogP contribution in [0.4, 0.5) is 0 Å². The van der Waals surface area contributed by atoms with Gasteiger partial charge in [-0.05, 0) is 63.1 Å². The standard InChI is InChI=1S/C31H29Cl2N3O5/c1-18-8-14-21(15-9-18)41-25-17-34-36(31(2,3)4)29(38)26(25)20-12-10-19(11-13-20)16-24(30(39)40)35-28(37)27-22(32)6-5-7-23(27)33/h5-15,17,24H,16H2,1-4H3,(H,35,37)(H,39,40)/t24-/m0/s1. The van der Waals surface area contributed by atoms with Gasteiger partial charge in [0.05, 0.1) is 32.9 Å². The van der Waals surface area contributed by atoms with Crippen molar-refractivity contribution < 1.29 is 19.4 Å². The highest BCUT2D eigenvalue weighted by molar-refractivity contribution is 6.39. The Balaban J connectivity index is 1.64. The molecule has 10 heteroatoms. The average molecular weight is 594 g/mol. The molecule has 1 aromatic heterocycles. The minimum Gasteiger partial charge on any atom is -0.480 e. The third-order valence-corrected chi connectivity index (χ3v) is 6.93. The molecule has 41 heavy (non-hydrogen) atoms. The summed E-state index contributed by atoms with van der Waals surface area (Å²) in [5, 5.41) is 16.9. The number of hydrogen-bond acceptors (Lipinski definition) is 5. The van der Waals surface area contributed by atoms with Gasteiger partial charge < -0.3 is 15.2 Å². The maximum absolute atomic E-state index is 13.6. The molecule has 4 rings (SSSR count). The molecule has 1 amide bonds. The zero-order valence-electron chi connectivity index (χ0n) is 22.9. The van der Waals surface area contributed by atoms with Crippen LogP contribution in [0.25, 0.3) is 11.1 Å². The van der Waals surface area contributed by atoms with Gasteiger partial charge in [0.1, 0.15) is 11.8 Å². The summed E-state index contributed by atoms with van der Waals surface area (Å²) in [6.45, 7) is 7.61. The maximum atomic E-state index is 13.6. The van der Waals surface area contributed by atoms with Crippen LogP contribution in [0, 0.1) is 6.92 Å². The molecular weight excluding hydrogens is 565 g/mol. The minimum absolute atomic E-state index is 0.00588. The monoisotopic (exact) mass is 593 g/mol. The van der Waals surface area contributed by atoms with E-state index in [0.29, 0.717) is 28.2 Å². The van der Waals surface area contributed by atoms with Crippen LogP contribution in [0.3, 0.4) is 0 Å². The lowest BCUT2D eigenvalue weighted by molar-refractivity contribution is -0.139. The number of amides is 1. The van der Waals surface area contributed by atoms with Crippen molar-refractivity contribution in [1.29, 1.82) is 0 Å². The van der Waals surface area contributed by atoms with Gasteiger partial charge >= 0.3 is 5.97 Å². The first-order valence-electron chi connectivity index (χ1n) is 12.8. The van der Waals surface area contributed by atoms with E-state index in [0.717, 1.165) is 5.56 Å². The van der Waals surface area contributed by atoms with Crippen LogP contribution in [0.15, 0.2) is 77.7 Å². The number of aliphatic carboxylic acids is 1. The van der Waals surface area contributed by atoms with Gasteiger partial charge in [-0.25, -0.2) is 9.48 Å². The molecule has 2 N–H and O–H groups in total. The van der Waals surface area contributed by atoms with E-state index in [2.05, 4.69) is 10.4 Å². The van der Waals surface area contributed by atoms with Crippen molar-refractivity contribution in [3.8, 4) is 22.6 Å². The van der Waals surface area contributed by atoms with E-state index in [1.165, 1.54) is 23.0 Å². The first kappa shape index (κ1) is 29.8. The summed E-state index contributed by atoms with van der Waals surface area (Å²) >= 11 is 12.2. The van der Waals surface area contributed by atoms with Crippen LogP contribution in [0.2, 0.25) is 10.0 Å². The second-order valence-corrected chi connectivity index (χ2v) is 11.4. The van der Waals surface area contributed by atoms with Crippen LogP contribution in [-0.2, 0) is 16.8 Å². The van der Waals surface area contributed by atoms with E-state index in [-0.39, 0.29) is 27.6 Å². The van der Waals surface area contributed by atoms with Gasteiger partial charge in [0.15, 0.2) is 5.75 Å². The summed E-state index contributed by atoms with van der Waals surface area (Å²) in [6.07, 6.45) is 1.50. The number of carboxylic acid groups (broad SMARTS) is 1. The Morgan fingerprint density at radius 3 is 2.17 bits per heavy atom. The van der Waals surface area contributed by atoms with Crippen molar-refractivity contribution in [3.05, 3.63) is 110 Å². The highest BCUT2D eigenvalue weighted by Crippen LogP contribution is 2.31. The van der Waals surface area contributed by atoms with E-state index in [9.17, 15) is 19.5 Å². The third kappa shape index (κ3) is 6.96. The van der Waals surface area contributed by atoms with Crippen molar-refractivity contribution in [1.82, 2.24) is 15.1 Å². The van der Waals surface area contributed by atoms with Crippen LogP contribution < -0.4 is 15.6 Å². The lowest BCUT2D eigenvalue weighted by atomic mass is 10.00. The molecule has 0 radical (unpaired) electrons. The molecule has 0 saturated carbocycles. The predicted octanol–water partition coefficient (Wildman–Crippen LogP) is 6.50. The summed E-state index contributed by atoms with van der Waals surface area (Å²) in [7, 11) is 0. The SMILES string of the molecule is Cc1ccc(Oc2cnn(C(C)(C)C)c(=O)c2-c2ccc(C[C@H](NC(=O)c3c(Cl)cccc3Cl)C(=O)O)cc2)cc1. The van der Waals surface area contributed by atoms with E-state index in [4.69, 9.17) is 27.9 Å². The van der Waals surface area contributed by atoms with Gasteiger partial charge in [-0.2, -0.15) is 5.10 Å². The highest BCUT2D eigenvalue weighted by atomic mass is 35.5. The molecule has 1 heterocycles. The fraction of sp³-hybridized carbons (Fsp3) is 0.226. The number of halogens is 2. The Kier molecular flexibility index (Phi) is 8.85. The van der Waals surface area contributed by atoms with E-state index in [1.807, 2.05) is 52.0 Å². The molecule has 4 aromatic rings. The molecule has 1 atom stereocenters. The smallest absolute Gasteiger partial charge is 0.326 e.